The third-order valence-electron chi connectivity index (χ3n) is 4.58. The first-order valence-electron chi connectivity index (χ1n) is 8.42. The zero-order chi connectivity index (χ0) is 18.8. The molecule has 1 fully saturated rings. The summed E-state index contributed by atoms with van der Waals surface area (Å²) < 4.78 is 1.02. The molecule has 0 radical (unpaired) electrons. The number of hydrogen-bond acceptors (Lipinski definition) is 4. The number of rotatable bonds is 5. The van der Waals surface area contributed by atoms with Crippen molar-refractivity contribution in [2.45, 2.75) is 38.8 Å². The summed E-state index contributed by atoms with van der Waals surface area (Å²) in [5.41, 5.74) is 0.551. The second kappa shape index (κ2) is 7.87. The minimum Gasteiger partial charge on any atom is -0.323 e. The topological polar surface area (TPSA) is 57.7 Å². The van der Waals surface area contributed by atoms with Gasteiger partial charge >= 0.3 is 0 Å². The second-order valence-electron chi connectivity index (χ2n) is 6.21. The number of halogens is 1. The van der Waals surface area contributed by atoms with Crippen LogP contribution in [0.15, 0.2) is 41.8 Å². The Hall–Kier alpha value is -1.74. The van der Waals surface area contributed by atoms with E-state index < -0.39 is 6.04 Å². The molecule has 136 valence electrons. The molecule has 2 aromatic rings. The van der Waals surface area contributed by atoms with E-state index in [4.69, 9.17) is 0 Å². The Bertz CT molecular complexity index is 820. The summed E-state index contributed by atoms with van der Waals surface area (Å²) in [4.78, 5) is 42.0. The van der Waals surface area contributed by atoms with Crippen molar-refractivity contribution in [1.82, 2.24) is 4.90 Å². The number of imide groups is 1. The van der Waals surface area contributed by atoms with E-state index in [0.717, 1.165) is 3.57 Å². The van der Waals surface area contributed by atoms with Gasteiger partial charge in [0.15, 0.2) is 0 Å². The third kappa shape index (κ3) is 3.55. The van der Waals surface area contributed by atoms with E-state index in [2.05, 4.69) is 22.6 Å². The molecular weight excluding hydrogens is 463 g/mol. The monoisotopic (exact) mass is 482 g/mol. The molecule has 7 heteroatoms. The van der Waals surface area contributed by atoms with Crippen molar-refractivity contribution in [2.24, 2.45) is 0 Å². The maximum Gasteiger partial charge on any atom is 0.264 e. The van der Waals surface area contributed by atoms with Gasteiger partial charge in [-0.1, -0.05) is 13.0 Å². The number of carbonyl (C=O) groups excluding carboxylic acids is 3. The third-order valence-corrected chi connectivity index (χ3v) is 6.15. The lowest BCUT2D eigenvalue weighted by Crippen LogP contribution is -2.49. The smallest absolute Gasteiger partial charge is 0.264 e. The van der Waals surface area contributed by atoms with Crippen LogP contribution in [0.1, 0.15) is 36.4 Å². The zero-order valence-electron chi connectivity index (χ0n) is 14.5. The van der Waals surface area contributed by atoms with Gasteiger partial charge in [0.05, 0.1) is 17.0 Å². The number of amides is 3. The average Bonchev–Trinajstić information content (AvgIpc) is 3.25. The number of thiophene rings is 1. The minimum atomic E-state index is -0.758. The maximum atomic E-state index is 13.0. The lowest BCUT2D eigenvalue weighted by atomic mass is 10.1. The molecule has 2 heterocycles. The number of benzene rings is 1. The van der Waals surface area contributed by atoms with Crippen LogP contribution in [0.4, 0.5) is 5.69 Å². The fourth-order valence-corrected chi connectivity index (χ4v) is 4.09. The molecule has 0 saturated carbocycles. The largest absolute Gasteiger partial charge is 0.323 e. The first-order chi connectivity index (χ1) is 12.4. The van der Waals surface area contributed by atoms with E-state index in [0.29, 0.717) is 17.0 Å². The van der Waals surface area contributed by atoms with Crippen molar-refractivity contribution in [3.8, 4) is 0 Å². The van der Waals surface area contributed by atoms with Gasteiger partial charge in [-0.25, -0.2) is 4.90 Å². The lowest BCUT2D eigenvalue weighted by Gasteiger charge is -2.32. The normalized spacial score (nSPS) is 18.3. The van der Waals surface area contributed by atoms with Crippen molar-refractivity contribution in [3.63, 3.8) is 0 Å². The maximum absolute atomic E-state index is 13.0. The highest BCUT2D eigenvalue weighted by Gasteiger charge is 2.45. The molecule has 1 saturated heterocycles. The Balaban J connectivity index is 1.93. The second-order valence-corrected chi connectivity index (χ2v) is 8.40. The lowest BCUT2D eigenvalue weighted by molar-refractivity contribution is -0.122. The van der Waals surface area contributed by atoms with E-state index in [1.165, 1.54) is 16.2 Å². The van der Waals surface area contributed by atoms with E-state index in [1.807, 2.05) is 37.4 Å². The van der Waals surface area contributed by atoms with Crippen LogP contribution in [-0.2, 0) is 9.59 Å². The minimum absolute atomic E-state index is 0.0201. The molecule has 0 bridgehead atoms. The van der Waals surface area contributed by atoms with E-state index in [1.54, 1.807) is 23.1 Å². The van der Waals surface area contributed by atoms with Crippen LogP contribution in [0.3, 0.4) is 0 Å². The van der Waals surface area contributed by atoms with Crippen LogP contribution in [-0.4, -0.2) is 34.7 Å². The molecule has 26 heavy (non-hydrogen) atoms. The van der Waals surface area contributed by atoms with Crippen molar-refractivity contribution in [1.29, 1.82) is 0 Å². The molecule has 1 aromatic heterocycles. The van der Waals surface area contributed by atoms with Crippen LogP contribution in [0.5, 0.6) is 0 Å². The molecule has 1 aliphatic heterocycles. The van der Waals surface area contributed by atoms with Gasteiger partial charge in [0, 0.05) is 9.61 Å². The Labute approximate surface area is 170 Å². The standard InChI is InChI=1S/C19H19IN2O3S/c1-3-12(2)21(19(25)16-5-4-10-26-16)15-11-17(23)22(18(15)24)14-8-6-13(20)7-9-14/h4-10,12,15H,3,11H2,1-2H3. The Kier molecular flexibility index (Phi) is 5.76. The fraction of sp³-hybridized carbons (Fsp3) is 0.316. The van der Waals surface area contributed by atoms with Crippen LogP contribution in [0.2, 0.25) is 0 Å². The molecule has 5 nitrogen and oxygen atoms in total. The summed E-state index contributed by atoms with van der Waals surface area (Å²) in [6.45, 7) is 3.88. The predicted molar refractivity (Wildman–Crippen MR) is 110 cm³/mol. The Morgan fingerprint density at radius 3 is 2.58 bits per heavy atom. The summed E-state index contributed by atoms with van der Waals surface area (Å²) in [6.07, 6.45) is 0.727. The molecule has 0 N–H and O–H groups in total. The van der Waals surface area contributed by atoms with Crippen molar-refractivity contribution >= 4 is 57.3 Å². The zero-order valence-corrected chi connectivity index (χ0v) is 17.5. The highest BCUT2D eigenvalue weighted by molar-refractivity contribution is 14.1. The molecule has 1 aromatic carbocycles. The van der Waals surface area contributed by atoms with Crippen LogP contribution in [0, 0.1) is 3.57 Å². The van der Waals surface area contributed by atoms with E-state index >= 15 is 0 Å². The van der Waals surface area contributed by atoms with Gasteiger partial charge in [0.25, 0.3) is 11.8 Å². The average molecular weight is 482 g/mol. The molecular formula is C19H19IN2O3S. The van der Waals surface area contributed by atoms with Crippen molar-refractivity contribution in [3.05, 3.63) is 50.2 Å². The first kappa shape index (κ1) is 19.0. The highest BCUT2D eigenvalue weighted by Crippen LogP contribution is 2.29. The number of nitrogens with zero attached hydrogens (tertiary/aromatic N) is 2. The molecule has 2 unspecified atom stereocenters. The van der Waals surface area contributed by atoms with Gasteiger partial charge in [-0.05, 0) is 71.6 Å². The molecule has 3 amide bonds. The number of carbonyl (C=O) groups is 3. The van der Waals surface area contributed by atoms with E-state index in [9.17, 15) is 14.4 Å². The van der Waals surface area contributed by atoms with Crippen LogP contribution < -0.4 is 4.90 Å². The van der Waals surface area contributed by atoms with E-state index in [-0.39, 0.29) is 30.2 Å². The van der Waals surface area contributed by atoms with Gasteiger partial charge in [-0.3, -0.25) is 14.4 Å². The van der Waals surface area contributed by atoms with Gasteiger partial charge in [-0.15, -0.1) is 11.3 Å². The van der Waals surface area contributed by atoms with Gasteiger partial charge in [0.2, 0.25) is 5.91 Å². The number of hydrogen-bond donors (Lipinski definition) is 0. The molecule has 1 aliphatic rings. The first-order valence-corrected chi connectivity index (χ1v) is 10.4. The Morgan fingerprint density at radius 2 is 2.00 bits per heavy atom. The summed E-state index contributed by atoms with van der Waals surface area (Å²) in [5.74, 6) is -0.792. The molecule has 0 spiro atoms. The quantitative estimate of drug-likeness (QED) is 0.480. The van der Waals surface area contributed by atoms with Gasteiger partial charge in [0.1, 0.15) is 6.04 Å². The molecule has 3 rings (SSSR count). The van der Waals surface area contributed by atoms with Gasteiger partial charge in [-0.2, -0.15) is 0 Å². The molecule has 2 atom stereocenters. The Morgan fingerprint density at radius 1 is 1.31 bits per heavy atom. The van der Waals surface area contributed by atoms with Gasteiger partial charge < -0.3 is 4.90 Å². The SMILES string of the molecule is CCC(C)N(C(=O)c1cccs1)C1CC(=O)N(c2ccc(I)cc2)C1=O. The summed E-state index contributed by atoms with van der Waals surface area (Å²) >= 11 is 3.52. The van der Waals surface area contributed by atoms with Crippen molar-refractivity contribution < 1.29 is 14.4 Å². The summed E-state index contributed by atoms with van der Waals surface area (Å²) in [6, 6.07) is 9.89. The summed E-state index contributed by atoms with van der Waals surface area (Å²) in [7, 11) is 0. The van der Waals surface area contributed by atoms with Crippen molar-refractivity contribution in [2.75, 3.05) is 4.90 Å². The predicted octanol–water partition coefficient (Wildman–Crippen LogP) is 3.93. The van der Waals surface area contributed by atoms with Crippen LogP contribution in [0.25, 0.3) is 0 Å². The molecule has 0 aliphatic carbocycles. The summed E-state index contributed by atoms with van der Waals surface area (Å²) in [5, 5.41) is 1.83. The fourth-order valence-electron chi connectivity index (χ4n) is 3.07. The number of anilines is 1. The highest BCUT2D eigenvalue weighted by atomic mass is 127. The van der Waals surface area contributed by atoms with Crippen LogP contribution >= 0.6 is 33.9 Å².